The van der Waals surface area contributed by atoms with Crippen molar-refractivity contribution < 1.29 is 23.7 Å². The van der Waals surface area contributed by atoms with E-state index in [0.717, 1.165) is 16.9 Å². The Hall–Kier alpha value is -4.59. The van der Waals surface area contributed by atoms with E-state index < -0.39 is 0 Å². The van der Waals surface area contributed by atoms with Crippen LogP contribution in [-0.2, 0) is 13.2 Å². The van der Waals surface area contributed by atoms with Crippen LogP contribution in [0.15, 0.2) is 85.3 Å². The van der Waals surface area contributed by atoms with Crippen LogP contribution in [0.5, 0.6) is 28.9 Å². The molecule has 0 aliphatic rings. The Morgan fingerprint density at radius 2 is 1.49 bits per heavy atom. The number of ether oxygens (including phenoxy) is 4. The van der Waals surface area contributed by atoms with Gasteiger partial charge in [-0.05, 0) is 85.6 Å². The fourth-order valence-corrected chi connectivity index (χ4v) is 3.47. The van der Waals surface area contributed by atoms with Crippen LogP contribution in [0.25, 0.3) is 0 Å². The molecule has 4 aromatic rings. The zero-order chi connectivity index (χ0) is 25.9. The molecule has 8 nitrogen and oxygen atoms in total. The van der Waals surface area contributed by atoms with Crippen LogP contribution in [-0.4, -0.2) is 29.1 Å². The first-order valence-electron chi connectivity index (χ1n) is 12.1. The average Bonchev–Trinajstić information content (AvgIpc) is 2.93. The first kappa shape index (κ1) is 25.5. The number of benzene rings is 2. The van der Waals surface area contributed by atoms with Crippen molar-refractivity contribution in [2.45, 2.75) is 27.0 Å². The molecular weight excluding hydrogens is 470 g/mol. The fourth-order valence-electron chi connectivity index (χ4n) is 3.47. The largest absolute Gasteiger partial charge is 0.494 e. The monoisotopic (exact) mass is 499 g/mol. The quantitative estimate of drug-likeness (QED) is 0.272. The second kappa shape index (κ2) is 12.9. The van der Waals surface area contributed by atoms with E-state index >= 15 is 0 Å². The Bertz CT molecular complexity index is 1300. The highest BCUT2D eigenvalue weighted by atomic mass is 16.5. The summed E-state index contributed by atoms with van der Waals surface area (Å²) < 4.78 is 22.9. The van der Waals surface area contributed by atoms with Gasteiger partial charge < -0.3 is 24.3 Å². The molecule has 37 heavy (non-hydrogen) atoms. The highest BCUT2D eigenvalue weighted by molar-refractivity contribution is 5.94. The maximum Gasteiger partial charge on any atom is 0.251 e. The Kier molecular flexibility index (Phi) is 8.91. The van der Waals surface area contributed by atoms with Crippen LogP contribution in [0.3, 0.4) is 0 Å². The SMILES string of the molecule is CCOc1ccc(Oc2cc(CNC(=O)c3ccc(OCc4ccncc4)c(OCC)c3)ccn2)cc1. The maximum atomic E-state index is 12.9. The van der Waals surface area contributed by atoms with Gasteiger partial charge in [-0.1, -0.05) is 0 Å². The van der Waals surface area contributed by atoms with Crippen LogP contribution in [0.4, 0.5) is 0 Å². The number of hydrogen-bond donors (Lipinski definition) is 1. The van der Waals surface area contributed by atoms with Gasteiger partial charge in [-0.3, -0.25) is 9.78 Å². The Morgan fingerprint density at radius 1 is 0.757 bits per heavy atom. The third kappa shape index (κ3) is 7.44. The molecule has 2 heterocycles. The standard InChI is InChI=1S/C29H29N3O5/c1-3-34-24-6-8-25(9-7-24)37-28-17-22(13-16-31-28)19-32-29(33)23-5-10-26(27(18-23)35-4-2)36-20-21-11-14-30-15-12-21/h5-18H,3-4,19-20H2,1-2H3,(H,32,33). The Morgan fingerprint density at radius 3 is 2.24 bits per heavy atom. The number of nitrogens with one attached hydrogen (secondary N) is 1. The first-order chi connectivity index (χ1) is 18.1. The molecule has 0 saturated carbocycles. The molecule has 0 saturated heterocycles. The minimum absolute atomic E-state index is 0.229. The summed E-state index contributed by atoms with van der Waals surface area (Å²) in [6.07, 6.45) is 5.08. The zero-order valence-corrected chi connectivity index (χ0v) is 20.8. The van der Waals surface area contributed by atoms with E-state index in [4.69, 9.17) is 18.9 Å². The number of aromatic nitrogens is 2. The van der Waals surface area contributed by atoms with Gasteiger partial charge in [0.1, 0.15) is 18.1 Å². The van der Waals surface area contributed by atoms with Crippen molar-refractivity contribution in [2.75, 3.05) is 13.2 Å². The number of carbonyl (C=O) groups is 1. The van der Waals surface area contributed by atoms with Crippen molar-refractivity contribution in [2.24, 2.45) is 0 Å². The molecule has 1 N–H and O–H groups in total. The Balaban J connectivity index is 1.36. The van der Waals surface area contributed by atoms with Crippen molar-refractivity contribution in [3.8, 4) is 28.9 Å². The lowest BCUT2D eigenvalue weighted by atomic mass is 10.1. The van der Waals surface area contributed by atoms with Crippen molar-refractivity contribution in [1.29, 1.82) is 0 Å². The smallest absolute Gasteiger partial charge is 0.251 e. The van der Waals surface area contributed by atoms with Crippen molar-refractivity contribution >= 4 is 5.91 Å². The molecule has 2 aromatic carbocycles. The minimum Gasteiger partial charge on any atom is -0.494 e. The molecule has 2 aromatic heterocycles. The van der Waals surface area contributed by atoms with Crippen LogP contribution in [0.2, 0.25) is 0 Å². The summed E-state index contributed by atoms with van der Waals surface area (Å²) in [7, 11) is 0. The van der Waals surface area contributed by atoms with Gasteiger partial charge in [0.05, 0.1) is 13.2 Å². The molecule has 8 heteroatoms. The first-order valence-corrected chi connectivity index (χ1v) is 12.1. The third-order valence-corrected chi connectivity index (χ3v) is 5.26. The zero-order valence-electron chi connectivity index (χ0n) is 20.8. The fraction of sp³-hybridized carbons (Fsp3) is 0.207. The number of nitrogens with zero attached hydrogens (tertiary/aromatic N) is 2. The molecule has 0 bridgehead atoms. The highest BCUT2D eigenvalue weighted by Gasteiger charge is 2.12. The maximum absolute atomic E-state index is 12.9. The van der Waals surface area contributed by atoms with Gasteiger partial charge in [-0.2, -0.15) is 0 Å². The van der Waals surface area contributed by atoms with Crippen LogP contribution in [0, 0.1) is 0 Å². The molecule has 190 valence electrons. The molecule has 0 fully saturated rings. The van der Waals surface area contributed by atoms with E-state index in [0.29, 0.717) is 55.1 Å². The Labute approximate surface area is 216 Å². The highest BCUT2D eigenvalue weighted by Crippen LogP contribution is 2.29. The summed E-state index contributed by atoms with van der Waals surface area (Å²) in [6, 6.07) is 19.9. The van der Waals surface area contributed by atoms with Gasteiger partial charge in [0.2, 0.25) is 5.88 Å². The van der Waals surface area contributed by atoms with Crippen LogP contribution >= 0.6 is 0 Å². The number of hydrogen-bond acceptors (Lipinski definition) is 7. The molecule has 0 aliphatic heterocycles. The molecule has 1 amide bonds. The summed E-state index contributed by atoms with van der Waals surface area (Å²) >= 11 is 0. The second-order valence-electron chi connectivity index (χ2n) is 7.93. The van der Waals surface area contributed by atoms with Crippen LogP contribution in [0.1, 0.15) is 35.3 Å². The van der Waals surface area contributed by atoms with Crippen LogP contribution < -0.4 is 24.3 Å². The van der Waals surface area contributed by atoms with Gasteiger partial charge in [0.25, 0.3) is 5.91 Å². The number of rotatable bonds is 12. The summed E-state index contributed by atoms with van der Waals surface area (Å²) in [5.74, 6) is 2.71. The summed E-state index contributed by atoms with van der Waals surface area (Å²) in [4.78, 5) is 21.1. The van der Waals surface area contributed by atoms with Crippen molar-refractivity contribution in [3.05, 3.63) is 102 Å². The van der Waals surface area contributed by atoms with Crippen molar-refractivity contribution in [3.63, 3.8) is 0 Å². The van der Waals surface area contributed by atoms with Gasteiger partial charge in [-0.25, -0.2) is 4.98 Å². The molecule has 0 spiro atoms. The van der Waals surface area contributed by atoms with Gasteiger partial charge >= 0.3 is 0 Å². The normalized spacial score (nSPS) is 10.4. The molecular formula is C29H29N3O5. The number of pyridine rings is 2. The van der Waals surface area contributed by atoms with Gasteiger partial charge in [0, 0.05) is 36.8 Å². The predicted molar refractivity (Wildman–Crippen MR) is 139 cm³/mol. The van der Waals surface area contributed by atoms with E-state index in [1.165, 1.54) is 0 Å². The molecule has 0 aliphatic carbocycles. The van der Waals surface area contributed by atoms with E-state index in [1.54, 1.807) is 42.9 Å². The predicted octanol–water partition coefficient (Wildman–Crippen LogP) is 5.58. The lowest BCUT2D eigenvalue weighted by molar-refractivity contribution is 0.0950. The average molecular weight is 500 g/mol. The summed E-state index contributed by atoms with van der Waals surface area (Å²) in [6.45, 7) is 5.56. The second-order valence-corrected chi connectivity index (χ2v) is 7.93. The molecule has 0 unspecified atom stereocenters. The lowest BCUT2D eigenvalue weighted by Crippen LogP contribution is -2.22. The molecule has 0 radical (unpaired) electrons. The van der Waals surface area contributed by atoms with E-state index in [2.05, 4.69) is 15.3 Å². The van der Waals surface area contributed by atoms with Gasteiger partial charge in [0.15, 0.2) is 11.5 Å². The number of amides is 1. The topological polar surface area (TPSA) is 91.8 Å². The summed E-state index contributed by atoms with van der Waals surface area (Å²) in [5, 5.41) is 2.93. The molecule has 0 atom stereocenters. The minimum atomic E-state index is -0.229. The van der Waals surface area contributed by atoms with Crippen molar-refractivity contribution in [1.82, 2.24) is 15.3 Å². The molecule has 4 rings (SSSR count). The third-order valence-electron chi connectivity index (χ3n) is 5.26. The van der Waals surface area contributed by atoms with Gasteiger partial charge in [-0.15, -0.1) is 0 Å². The lowest BCUT2D eigenvalue weighted by Gasteiger charge is -2.14. The summed E-state index contributed by atoms with van der Waals surface area (Å²) in [5.41, 5.74) is 2.31. The van der Waals surface area contributed by atoms with E-state index in [1.807, 2.05) is 56.3 Å². The van der Waals surface area contributed by atoms with E-state index in [9.17, 15) is 4.79 Å². The number of carbonyl (C=O) groups excluding carboxylic acids is 1. The van der Waals surface area contributed by atoms with E-state index in [-0.39, 0.29) is 5.91 Å².